The van der Waals surface area contributed by atoms with Crippen molar-refractivity contribution < 1.29 is 14.2 Å². The minimum atomic E-state index is -0.231. The quantitative estimate of drug-likeness (QED) is 0.630. The molecule has 1 unspecified atom stereocenters. The van der Waals surface area contributed by atoms with Crippen molar-refractivity contribution in [2.75, 3.05) is 21.3 Å². The predicted octanol–water partition coefficient (Wildman–Crippen LogP) is 2.27. The molecule has 0 aliphatic rings. The van der Waals surface area contributed by atoms with E-state index in [4.69, 9.17) is 20.1 Å². The van der Waals surface area contributed by atoms with Crippen LogP contribution in [-0.4, -0.2) is 21.3 Å². The Bertz CT molecular complexity index is 580. The number of rotatable bonds is 6. The molecule has 0 amide bonds. The highest BCUT2D eigenvalue weighted by atomic mass is 16.5. The van der Waals surface area contributed by atoms with Gasteiger partial charge in [-0.2, -0.15) is 0 Å². The summed E-state index contributed by atoms with van der Waals surface area (Å²) in [6.07, 6.45) is 0. The van der Waals surface area contributed by atoms with E-state index in [2.05, 4.69) is 5.43 Å². The van der Waals surface area contributed by atoms with Crippen molar-refractivity contribution in [1.29, 1.82) is 0 Å². The molecule has 21 heavy (non-hydrogen) atoms. The number of hydrazine groups is 1. The molecule has 0 bridgehead atoms. The van der Waals surface area contributed by atoms with Crippen LogP contribution in [0.3, 0.4) is 0 Å². The average Bonchev–Trinajstić information content (AvgIpc) is 2.55. The number of benzene rings is 2. The van der Waals surface area contributed by atoms with Crippen LogP contribution in [-0.2, 0) is 0 Å². The number of methoxy groups -OCH3 is 3. The van der Waals surface area contributed by atoms with Crippen LogP contribution in [0.15, 0.2) is 42.5 Å². The summed E-state index contributed by atoms with van der Waals surface area (Å²) in [4.78, 5) is 0. The van der Waals surface area contributed by atoms with E-state index in [9.17, 15) is 0 Å². The summed E-state index contributed by atoms with van der Waals surface area (Å²) in [6.45, 7) is 0. The monoisotopic (exact) mass is 288 g/mol. The SMILES string of the molecule is COc1cc(OC)cc(C(NN)c2ccccc2OC)c1. The Kier molecular flexibility index (Phi) is 5.03. The van der Waals surface area contributed by atoms with Gasteiger partial charge in [-0.1, -0.05) is 18.2 Å². The molecule has 1 atom stereocenters. The van der Waals surface area contributed by atoms with Crippen LogP contribution in [0.4, 0.5) is 0 Å². The number of hydrogen-bond acceptors (Lipinski definition) is 5. The fourth-order valence-electron chi connectivity index (χ4n) is 2.27. The third-order valence-electron chi connectivity index (χ3n) is 3.32. The summed E-state index contributed by atoms with van der Waals surface area (Å²) in [7, 11) is 4.87. The zero-order valence-corrected chi connectivity index (χ0v) is 12.4. The maximum Gasteiger partial charge on any atom is 0.124 e. The average molecular weight is 288 g/mol. The first kappa shape index (κ1) is 15.2. The molecule has 0 heterocycles. The van der Waals surface area contributed by atoms with Crippen molar-refractivity contribution in [3.05, 3.63) is 53.6 Å². The minimum Gasteiger partial charge on any atom is -0.497 e. The Morgan fingerprint density at radius 3 is 2.05 bits per heavy atom. The molecule has 0 aliphatic carbocycles. The molecular weight excluding hydrogens is 268 g/mol. The fourth-order valence-corrected chi connectivity index (χ4v) is 2.27. The molecule has 5 heteroatoms. The van der Waals surface area contributed by atoms with E-state index < -0.39 is 0 Å². The Morgan fingerprint density at radius 1 is 0.905 bits per heavy atom. The lowest BCUT2D eigenvalue weighted by Gasteiger charge is -2.20. The van der Waals surface area contributed by atoms with E-state index in [-0.39, 0.29) is 6.04 Å². The van der Waals surface area contributed by atoms with Gasteiger partial charge in [-0.3, -0.25) is 5.84 Å². The third kappa shape index (κ3) is 3.26. The number of hydrogen-bond donors (Lipinski definition) is 2. The molecule has 0 spiro atoms. The van der Waals surface area contributed by atoms with Gasteiger partial charge in [-0.25, -0.2) is 5.43 Å². The maximum absolute atomic E-state index is 5.76. The van der Waals surface area contributed by atoms with E-state index >= 15 is 0 Å². The topological polar surface area (TPSA) is 65.7 Å². The molecule has 0 radical (unpaired) electrons. The minimum absolute atomic E-state index is 0.231. The molecule has 0 saturated heterocycles. The molecule has 112 valence electrons. The van der Waals surface area contributed by atoms with Gasteiger partial charge in [0.2, 0.25) is 0 Å². The first-order valence-electron chi connectivity index (χ1n) is 6.55. The molecule has 2 aromatic rings. The third-order valence-corrected chi connectivity index (χ3v) is 3.32. The lowest BCUT2D eigenvalue weighted by molar-refractivity contribution is 0.390. The van der Waals surface area contributed by atoms with Gasteiger partial charge < -0.3 is 14.2 Å². The zero-order chi connectivity index (χ0) is 15.2. The van der Waals surface area contributed by atoms with Crippen molar-refractivity contribution in [1.82, 2.24) is 5.43 Å². The van der Waals surface area contributed by atoms with Crippen LogP contribution in [0.5, 0.6) is 17.2 Å². The second kappa shape index (κ2) is 6.97. The molecule has 2 aromatic carbocycles. The molecule has 3 N–H and O–H groups in total. The normalized spacial score (nSPS) is 11.8. The van der Waals surface area contributed by atoms with Crippen LogP contribution in [0.25, 0.3) is 0 Å². The summed E-state index contributed by atoms with van der Waals surface area (Å²) in [6, 6.07) is 13.1. The molecule has 0 fully saturated rings. The van der Waals surface area contributed by atoms with Crippen molar-refractivity contribution in [2.24, 2.45) is 5.84 Å². The summed E-state index contributed by atoms with van der Waals surface area (Å²) < 4.78 is 16.0. The highest BCUT2D eigenvalue weighted by Crippen LogP contribution is 2.33. The van der Waals surface area contributed by atoms with Gasteiger partial charge >= 0.3 is 0 Å². The first-order chi connectivity index (χ1) is 10.2. The summed E-state index contributed by atoms with van der Waals surface area (Å²) >= 11 is 0. The molecule has 0 saturated carbocycles. The highest BCUT2D eigenvalue weighted by Gasteiger charge is 2.18. The van der Waals surface area contributed by atoms with Gasteiger partial charge in [0.25, 0.3) is 0 Å². The second-order valence-corrected chi connectivity index (χ2v) is 4.49. The number of nitrogens with one attached hydrogen (secondary N) is 1. The van der Waals surface area contributed by atoms with E-state index in [1.165, 1.54) is 0 Å². The fraction of sp³-hybridized carbons (Fsp3) is 0.250. The van der Waals surface area contributed by atoms with Gasteiger partial charge in [0.05, 0.1) is 27.4 Å². The van der Waals surface area contributed by atoms with Crippen LogP contribution < -0.4 is 25.5 Å². The number of para-hydroxylation sites is 1. The molecule has 0 aliphatic heterocycles. The van der Waals surface area contributed by atoms with Gasteiger partial charge in [-0.05, 0) is 23.8 Å². The first-order valence-corrected chi connectivity index (χ1v) is 6.55. The molecular formula is C16H20N2O3. The zero-order valence-electron chi connectivity index (χ0n) is 12.4. The maximum atomic E-state index is 5.76. The van der Waals surface area contributed by atoms with Gasteiger partial charge in [-0.15, -0.1) is 0 Å². The van der Waals surface area contributed by atoms with Crippen molar-refractivity contribution in [2.45, 2.75) is 6.04 Å². The lowest BCUT2D eigenvalue weighted by atomic mass is 9.98. The van der Waals surface area contributed by atoms with E-state index in [0.29, 0.717) is 11.5 Å². The Morgan fingerprint density at radius 2 is 1.52 bits per heavy atom. The van der Waals surface area contributed by atoms with Crippen molar-refractivity contribution in [3.63, 3.8) is 0 Å². The predicted molar refractivity (Wildman–Crippen MR) is 81.7 cm³/mol. The van der Waals surface area contributed by atoms with Crippen LogP contribution in [0.1, 0.15) is 17.2 Å². The highest BCUT2D eigenvalue weighted by molar-refractivity contribution is 5.46. The van der Waals surface area contributed by atoms with Gasteiger partial charge in [0.15, 0.2) is 0 Å². The van der Waals surface area contributed by atoms with E-state index in [1.807, 2.05) is 42.5 Å². The van der Waals surface area contributed by atoms with Crippen LogP contribution in [0.2, 0.25) is 0 Å². The standard InChI is InChI=1S/C16H20N2O3/c1-19-12-8-11(9-13(10-12)20-2)16(18-17)14-6-4-5-7-15(14)21-3/h4-10,16,18H,17H2,1-3H3. The van der Waals surface area contributed by atoms with Crippen LogP contribution in [0, 0.1) is 0 Å². The van der Waals surface area contributed by atoms with Crippen LogP contribution >= 0.6 is 0 Å². The summed E-state index contributed by atoms with van der Waals surface area (Å²) in [5, 5.41) is 0. The lowest BCUT2D eigenvalue weighted by Crippen LogP contribution is -2.29. The summed E-state index contributed by atoms with van der Waals surface area (Å²) in [5.41, 5.74) is 4.69. The van der Waals surface area contributed by atoms with E-state index in [1.54, 1.807) is 21.3 Å². The Hall–Kier alpha value is -2.24. The van der Waals surface area contributed by atoms with Crippen molar-refractivity contribution >= 4 is 0 Å². The van der Waals surface area contributed by atoms with Gasteiger partial charge in [0, 0.05) is 11.6 Å². The van der Waals surface area contributed by atoms with Crippen molar-refractivity contribution in [3.8, 4) is 17.2 Å². The molecule has 0 aromatic heterocycles. The second-order valence-electron chi connectivity index (χ2n) is 4.49. The summed E-state index contributed by atoms with van der Waals surface area (Å²) in [5.74, 6) is 7.94. The smallest absolute Gasteiger partial charge is 0.124 e. The number of nitrogens with two attached hydrogens (primary N) is 1. The molecule has 2 rings (SSSR count). The Labute approximate surface area is 124 Å². The largest absolute Gasteiger partial charge is 0.497 e. The molecule has 5 nitrogen and oxygen atoms in total. The Balaban J connectivity index is 2.50. The number of ether oxygens (including phenoxy) is 3. The van der Waals surface area contributed by atoms with Gasteiger partial charge in [0.1, 0.15) is 17.2 Å². The van der Waals surface area contributed by atoms with E-state index in [0.717, 1.165) is 16.9 Å².